The fourth-order valence-electron chi connectivity index (χ4n) is 1.46. The summed E-state index contributed by atoms with van der Waals surface area (Å²) in [7, 11) is 1.50. The topological polar surface area (TPSA) is 56.5 Å². The summed E-state index contributed by atoms with van der Waals surface area (Å²) in [6, 6.07) is 2.81. The summed E-state index contributed by atoms with van der Waals surface area (Å²) in [6.07, 6.45) is 0. The predicted molar refractivity (Wildman–Crippen MR) is 66.9 cm³/mol. The highest BCUT2D eigenvalue weighted by Gasteiger charge is 2.10. The van der Waals surface area contributed by atoms with E-state index in [9.17, 15) is 4.39 Å². The number of methoxy groups -OCH3 is 1. The number of rotatable bonds is 6. The molecule has 1 aromatic rings. The standard InChI is InChI=1S/C12H19FN2O2/c1-4-17-7-8(2)15-11-6-12(16-3)10(14)5-9(11)13/h5-6,8,15H,4,7,14H2,1-3H3. The highest BCUT2D eigenvalue weighted by molar-refractivity contribution is 5.62. The minimum Gasteiger partial charge on any atom is -0.495 e. The van der Waals surface area contributed by atoms with Gasteiger partial charge in [0.2, 0.25) is 0 Å². The van der Waals surface area contributed by atoms with Crippen molar-refractivity contribution in [3.05, 3.63) is 17.9 Å². The summed E-state index contributed by atoms with van der Waals surface area (Å²) in [6.45, 7) is 4.99. The third-order valence-corrected chi connectivity index (χ3v) is 2.29. The minimum absolute atomic E-state index is 0.0118. The number of halogens is 1. The molecule has 96 valence electrons. The van der Waals surface area contributed by atoms with Gasteiger partial charge in [-0.1, -0.05) is 0 Å². The number of anilines is 2. The maximum atomic E-state index is 13.6. The van der Waals surface area contributed by atoms with Crippen LogP contribution in [0, 0.1) is 5.82 Å². The van der Waals surface area contributed by atoms with Crippen LogP contribution >= 0.6 is 0 Å². The van der Waals surface area contributed by atoms with Gasteiger partial charge in [-0.3, -0.25) is 0 Å². The summed E-state index contributed by atoms with van der Waals surface area (Å²) < 4.78 is 23.9. The van der Waals surface area contributed by atoms with E-state index in [0.29, 0.717) is 24.7 Å². The minimum atomic E-state index is -0.397. The Bertz CT molecular complexity index is 372. The molecule has 1 aromatic carbocycles. The van der Waals surface area contributed by atoms with Gasteiger partial charge in [-0.15, -0.1) is 0 Å². The molecular formula is C12H19FN2O2. The molecule has 4 nitrogen and oxygen atoms in total. The lowest BCUT2D eigenvalue weighted by Gasteiger charge is -2.17. The molecule has 1 unspecified atom stereocenters. The van der Waals surface area contributed by atoms with Crippen LogP contribution in [0.1, 0.15) is 13.8 Å². The number of ether oxygens (including phenoxy) is 2. The van der Waals surface area contributed by atoms with Gasteiger partial charge in [-0.2, -0.15) is 0 Å². The van der Waals surface area contributed by atoms with Gasteiger partial charge in [-0.25, -0.2) is 4.39 Å². The van der Waals surface area contributed by atoms with Crippen molar-refractivity contribution in [2.45, 2.75) is 19.9 Å². The second-order valence-electron chi connectivity index (χ2n) is 3.78. The van der Waals surface area contributed by atoms with Crippen molar-refractivity contribution >= 4 is 11.4 Å². The van der Waals surface area contributed by atoms with Gasteiger partial charge >= 0.3 is 0 Å². The van der Waals surface area contributed by atoms with Gasteiger partial charge in [0.1, 0.15) is 11.6 Å². The molecule has 0 fully saturated rings. The average molecular weight is 242 g/mol. The third-order valence-electron chi connectivity index (χ3n) is 2.29. The Labute approximate surface area is 101 Å². The molecule has 1 rings (SSSR count). The van der Waals surface area contributed by atoms with Crippen LogP contribution in [0.4, 0.5) is 15.8 Å². The fourth-order valence-corrected chi connectivity index (χ4v) is 1.46. The van der Waals surface area contributed by atoms with E-state index in [0.717, 1.165) is 0 Å². The molecule has 0 spiro atoms. The molecule has 17 heavy (non-hydrogen) atoms. The van der Waals surface area contributed by atoms with Gasteiger partial charge in [0.25, 0.3) is 0 Å². The van der Waals surface area contributed by atoms with Gasteiger partial charge in [0, 0.05) is 24.8 Å². The Kier molecular flexibility index (Phi) is 5.03. The molecule has 0 aromatic heterocycles. The molecule has 0 aliphatic heterocycles. The first-order valence-corrected chi connectivity index (χ1v) is 5.55. The summed E-state index contributed by atoms with van der Waals surface area (Å²) in [5, 5.41) is 3.01. The normalized spacial score (nSPS) is 12.2. The van der Waals surface area contributed by atoms with Crippen molar-refractivity contribution < 1.29 is 13.9 Å². The van der Waals surface area contributed by atoms with E-state index in [1.165, 1.54) is 13.2 Å². The van der Waals surface area contributed by atoms with Gasteiger partial charge < -0.3 is 20.5 Å². The molecule has 3 N–H and O–H groups in total. The Balaban J connectivity index is 2.76. The van der Waals surface area contributed by atoms with Gasteiger partial charge in [-0.05, 0) is 13.8 Å². The first-order valence-electron chi connectivity index (χ1n) is 5.55. The third kappa shape index (κ3) is 3.78. The lowest BCUT2D eigenvalue weighted by molar-refractivity contribution is 0.141. The molecule has 0 aliphatic rings. The van der Waals surface area contributed by atoms with E-state index < -0.39 is 5.82 Å². The number of benzene rings is 1. The largest absolute Gasteiger partial charge is 0.495 e. The summed E-state index contributed by atoms with van der Waals surface area (Å²) in [4.78, 5) is 0. The lowest BCUT2D eigenvalue weighted by Crippen LogP contribution is -2.22. The van der Waals surface area contributed by atoms with E-state index in [4.69, 9.17) is 15.2 Å². The van der Waals surface area contributed by atoms with Crippen molar-refractivity contribution in [3.63, 3.8) is 0 Å². The molecule has 0 amide bonds. The zero-order valence-electron chi connectivity index (χ0n) is 10.4. The van der Waals surface area contributed by atoms with Crippen molar-refractivity contribution in [3.8, 4) is 5.75 Å². The average Bonchev–Trinajstić information content (AvgIpc) is 2.30. The Hall–Kier alpha value is -1.49. The predicted octanol–water partition coefficient (Wildman–Crippen LogP) is 2.25. The number of nitrogen functional groups attached to an aromatic ring is 1. The summed E-state index contributed by atoms with van der Waals surface area (Å²) in [5.41, 5.74) is 6.24. The second kappa shape index (κ2) is 6.30. The molecule has 0 saturated heterocycles. The zero-order chi connectivity index (χ0) is 12.8. The zero-order valence-corrected chi connectivity index (χ0v) is 10.4. The van der Waals surface area contributed by atoms with Gasteiger partial charge in [0.15, 0.2) is 0 Å². The Morgan fingerprint density at radius 1 is 1.47 bits per heavy atom. The van der Waals surface area contributed by atoms with Crippen LogP contribution in [0.25, 0.3) is 0 Å². The Morgan fingerprint density at radius 2 is 2.18 bits per heavy atom. The van der Waals surface area contributed by atoms with Crippen LogP contribution < -0.4 is 15.8 Å². The maximum absolute atomic E-state index is 13.6. The van der Waals surface area contributed by atoms with Crippen LogP contribution in [-0.4, -0.2) is 26.4 Å². The highest BCUT2D eigenvalue weighted by Crippen LogP contribution is 2.28. The number of hydrogen-bond acceptors (Lipinski definition) is 4. The van der Waals surface area contributed by atoms with E-state index >= 15 is 0 Å². The molecule has 0 bridgehead atoms. The molecule has 0 aliphatic carbocycles. The highest BCUT2D eigenvalue weighted by atomic mass is 19.1. The molecule has 0 radical (unpaired) electrons. The van der Waals surface area contributed by atoms with Crippen LogP contribution in [0.3, 0.4) is 0 Å². The lowest BCUT2D eigenvalue weighted by atomic mass is 10.2. The quantitative estimate of drug-likeness (QED) is 0.751. The summed E-state index contributed by atoms with van der Waals surface area (Å²) in [5.74, 6) is 0.0594. The number of hydrogen-bond donors (Lipinski definition) is 2. The number of nitrogens with one attached hydrogen (secondary N) is 1. The van der Waals surface area contributed by atoms with E-state index in [2.05, 4.69) is 5.32 Å². The van der Waals surface area contributed by atoms with Crippen LogP contribution in [-0.2, 0) is 4.74 Å². The monoisotopic (exact) mass is 242 g/mol. The first-order chi connectivity index (χ1) is 8.08. The molecule has 5 heteroatoms. The van der Waals surface area contributed by atoms with Crippen molar-refractivity contribution in [1.82, 2.24) is 0 Å². The van der Waals surface area contributed by atoms with Crippen LogP contribution in [0.5, 0.6) is 5.75 Å². The second-order valence-corrected chi connectivity index (χ2v) is 3.78. The van der Waals surface area contributed by atoms with E-state index in [-0.39, 0.29) is 11.7 Å². The van der Waals surface area contributed by atoms with Crippen molar-refractivity contribution in [2.24, 2.45) is 0 Å². The Morgan fingerprint density at radius 3 is 2.76 bits per heavy atom. The van der Waals surface area contributed by atoms with E-state index in [1.54, 1.807) is 6.07 Å². The maximum Gasteiger partial charge on any atom is 0.148 e. The molecular weight excluding hydrogens is 223 g/mol. The van der Waals surface area contributed by atoms with E-state index in [1.807, 2.05) is 13.8 Å². The molecule has 1 atom stereocenters. The van der Waals surface area contributed by atoms with Crippen LogP contribution in [0.2, 0.25) is 0 Å². The fraction of sp³-hybridized carbons (Fsp3) is 0.500. The smallest absolute Gasteiger partial charge is 0.148 e. The van der Waals surface area contributed by atoms with Gasteiger partial charge in [0.05, 0.1) is 25.1 Å². The first kappa shape index (κ1) is 13.6. The number of nitrogens with two attached hydrogens (primary N) is 1. The van der Waals surface area contributed by atoms with Crippen LogP contribution in [0.15, 0.2) is 12.1 Å². The SMILES string of the molecule is CCOCC(C)Nc1cc(OC)c(N)cc1F. The molecule has 0 saturated carbocycles. The van der Waals surface area contributed by atoms with Crippen molar-refractivity contribution in [2.75, 3.05) is 31.4 Å². The van der Waals surface area contributed by atoms with Crippen molar-refractivity contribution in [1.29, 1.82) is 0 Å². The summed E-state index contributed by atoms with van der Waals surface area (Å²) >= 11 is 0. The molecule has 0 heterocycles.